The Morgan fingerprint density at radius 3 is 2.57 bits per heavy atom. The number of sulfonamides is 1. The molecule has 7 nitrogen and oxygen atoms in total. The zero-order valence-electron chi connectivity index (χ0n) is 10.8. The number of anilines is 2. The highest BCUT2D eigenvalue weighted by molar-refractivity contribution is 7.92. The van der Waals surface area contributed by atoms with Gasteiger partial charge in [-0.3, -0.25) is 0 Å². The van der Waals surface area contributed by atoms with E-state index in [4.69, 9.17) is 5.73 Å². The van der Waals surface area contributed by atoms with Crippen LogP contribution in [0.5, 0.6) is 0 Å². The number of nitrogens with zero attached hydrogens (tertiary/aromatic N) is 3. The Morgan fingerprint density at radius 2 is 1.81 bits per heavy atom. The molecule has 0 radical (unpaired) electrons. The lowest BCUT2D eigenvalue weighted by atomic mass is 10.2. The fourth-order valence-electron chi connectivity index (χ4n) is 1.82. The minimum Gasteiger partial charge on any atom is -0.384 e. The highest BCUT2D eigenvalue weighted by Crippen LogP contribution is 2.20. The molecule has 0 aliphatic heterocycles. The minimum absolute atomic E-state index is 0.0213. The van der Waals surface area contributed by atoms with Gasteiger partial charge < -0.3 is 5.73 Å². The molecule has 2 heterocycles. The number of benzene rings is 1. The summed E-state index contributed by atoms with van der Waals surface area (Å²) in [6, 6.07) is 9.52. The molecule has 0 saturated heterocycles. The third-order valence-corrected chi connectivity index (χ3v) is 4.11. The SMILES string of the molecule is Nc1ccc2cc(S(=O)(=O)Nc3ncccn3)ccc2n1. The predicted octanol–water partition coefficient (Wildman–Crippen LogP) is 1.41. The van der Waals surface area contributed by atoms with E-state index in [1.54, 1.807) is 24.3 Å². The first-order valence-corrected chi connectivity index (χ1v) is 7.49. The van der Waals surface area contributed by atoms with Gasteiger partial charge >= 0.3 is 0 Å². The Kier molecular flexibility index (Phi) is 3.15. The number of nitrogen functional groups attached to an aromatic ring is 1. The van der Waals surface area contributed by atoms with Gasteiger partial charge in [-0.15, -0.1) is 0 Å². The van der Waals surface area contributed by atoms with Crippen LogP contribution < -0.4 is 10.5 Å². The van der Waals surface area contributed by atoms with E-state index in [9.17, 15) is 8.42 Å². The molecule has 2 aromatic heterocycles. The van der Waals surface area contributed by atoms with Crippen molar-refractivity contribution in [2.75, 3.05) is 10.5 Å². The summed E-state index contributed by atoms with van der Waals surface area (Å²) in [6.45, 7) is 0. The van der Waals surface area contributed by atoms with Crippen LogP contribution >= 0.6 is 0 Å². The maximum Gasteiger partial charge on any atom is 0.264 e. The number of nitrogens with one attached hydrogen (secondary N) is 1. The first-order chi connectivity index (χ1) is 10.0. The second kappa shape index (κ2) is 4.98. The van der Waals surface area contributed by atoms with Crippen LogP contribution in [0, 0.1) is 0 Å². The van der Waals surface area contributed by atoms with Crippen LogP contribution in [0.2, 0.25) is 0 Å². The van der Waals surface area contributed by atoms with E-state index in [-0.39, 0.29) is 10.8 Å². The molecule has 1 aromatic carbocycles. The van der Waals surface area contributed by atoms with Gasteiger partial charge in [-0.05, 0) is 36.4 Å². The van der Waals surface area contributed by atoms with Gasteiger partial charge in [-0.2, -0.15) is 0 Å². The van der Waals surface area contributed by atoms with E-state index in [1.807, 2.05) is 0 Å². The zero-order chi connectivity index (χ0) is 14.9. The van der Waals surface area contributed by atoms with E-state index in [0.717, 1.165) is 0 Å². The lowest BCUT2D eigenvalue weighted by Gasteiger charge is -2.07. The van der Waals surface area contributed by atoms with Crippen LogP contribution in [0.4, 0.5) is 11.8 Å². The maximum atomic E-state index is 12.3. The van der Waals surface area contributed by atoms with Crippen molar-refractivity contribution >= 4 is 32.7 Å². The Morgan fingerprint density at radius 1 is 1.05 bits per heavy atom. The van der Waals surface area contributed by atoms with Gasteiger partial charge in [-0.1, -0.05) is 0 Å². The second-order valence-electron chi connectivity index (χ2n) is 4.27. The predicted molar refractivity (Wildman–Crippen MR) is 79.0 cm³/mol. The van der Waals surface area contributed by atoms with Gasteiger partial charge in [0.05, 0.1) is 10.4 Å². The molecule has 0 amide bonds. The molecule has 106 valence electrons. The summed E-state index contributed by atoms with van der Waals surface area (Å²) in [4.78, 5) is 11.9. The molecule has 3 rings (SSSR count). The van der Waals surface area contributed by atoms with Gasteiger partial charge in [0.25, 0.3) is 10.0 Å². The van der Waals surface area contributed by atoms with E-state index >= 15 is 0 Å². The van der Waals surface area contributed by atoms with E-state index in [1.165, 1.54) is 24.5 Å². The number of aromatic nitrogens is 3. The third-order valence-electron chi connectivity index (χ3n) is 2.78. The summed E-state index contributed by atoms with van der Waals surface area (Å²) in [7, 11) is -3.75. The Labute approximate surface area is 120 Å². The Bertz CT molecular complexity index is 897. The molecule has 0 fully saturated rings. The minimum atomic E-state index is -3.75. The lowest BCUT2D eigenvalue weighted by Crippen LogP contribution is -2.14. The van der Waals surface area contributed by atoms with Gasteiger partial charge in [0.2, 0.25) is 5.95 Å². The first kappa shape index (κ1) is 13.3. The highest BCUT2D eigenvalue weighted by Gasteiger charge is 2.16. The molecule has 0 atom stereocenters. The summed E-state index contributed by atoms with van der Waals surface area (Å²) < 4.78 is 26.9. The summed E-state index contributed by atoms with van der Waals surface area (Å²) in [5.74, 6) is 0.405. The van der Waals surface area contributed by atoms with Crippen LogP contribution in [0.25, 0.3) is 10.9 Å². The van der Waals surface area contributed by atoms with Crippen molar-refractivity contribution < 1.29 is 8.42 Å². The molecule has 0 saturated carbocycles. The van der Waals surface area contributed by atoms with Crippen LogP contribution in [0.1, 0.15) is 0 Å². The molecule has 8 heteroatoms. The van der Waals surface area contributed by atoms with E-state index in [2.05, 4.69) is 19.7 Å². The quantitative estimate of drug-likeness (QED) is 0.756. The van der Waals surface area contributed by atoms with Crippen molar-refractivity contribution in [3.05, 3.63) is 48.8 Å². The van der Waals surface area contributed by atoms with Gasteiger partial charge in [0.1, 0.15) is 5.82 Å². The molecular formula is C13H11N5O2S. The molecule has 0 aliphatic carbocycles. The van der Waals surface area contributed by atoms with Crippen molar-refractivity contribution in [1.29, 1.82) is 0 Å². The van der Waals surface area contributed by atoms with Crippen LogP contribution in [-0.2, 0) is 10.0 Å². The molecule has 0 unspecified atom stereocenters. The largest absolute Gasteiger partial charge is 0.384 e. The standard InChI is InChI=1S/C13H11N5O2S/c14-12-5-2-9-8-10(3-4-11(9)17-12)21(19,20)18-13-15-6-1-7-16-13/h1-8H,(H2,14,17)(H,15,16,18). The number of fused-ring (bicyclic) bond motifs is 1. The number of hydrogen-bond acceptors (Lipinski definition) is 6. The van der Waals surface area contributed by atoms with Gasteiger partial charge in [0.15, 0.2) is 0 Å². The fraction of sp³-hybridized carbons (Fsp3) is 0. The molecule has 3 aromatic rings. The van der Waals surface area contributed by atoms with Gasteiger partial charge in [-0.25, -0.2) is 28.1 Å². The first-order valence-electron chi connectivity index (χ1n) is 6.01. The monoisotopic (exact) mass is 301 g/mol. The van der Waals surface area contributed by atoms with E-state index < -0.39 is 10.0 Å². The summed E-state index contributed by atoms with van der Waals surface area (Å²) in [5.41, 5.74) is 6.22. The molecule has 3 N–H and O–H groups in total. The van der Waals surface area contributed by atoms with Crippen molar-refractivity contribution in [3.63, 3.8) is 0 Å². The Hall–Kier alpha value is -2.74. The average Bonchev–Trinajstić information content (AvgIpc) is 2.47. The average molecular weight is 301 g/mol. The molecule has 0 bridgehead atoms. The zero-order valence-corrected chi connectivity index (χ0v) is 11.6. The summed E-state index contributed by atoms with van der Waals surface area (Å²) in [6.07, 6.45) is 2.91. The number of hydrogen-bond donors (Lipinski definition) is 2. The van der Waals surface area contributed by atoms with Crippen LogP contribution in [-0.4, -0.2) is 23.4 Å². The number of pyridine rings is 1. The van der Waals surface area contributed by atoms with E-state index in [0.29, 0.717) is 16.7 Å². The summed E-state index contributed by atoms with van der Waals surface area (Å²) in [5, 5.41) is 0.682. The highest BCUT2D eigenvalue weighted by atomic mass is 32.2. The maximum absolute atomic E-state index is 12.3. The molecule has 21 heavy (non-hydrogen) atoms. The molecular weight excluding hydrogens is 290 g/mol. The molecule has 0 spiro atoms. The normalized spacial score (nSPS) is 11.4. The number of nitrogens with two attached hydrogens (primary N) is 1. The van der Waals surface area contributed by atoms with Crippen molar-refractivity contribution in [3.8, 4) is 0 Å². The van der Waals surface area contributed by atoms with Crippen molar-refractivity contribution in [2.24, 2.45) is 0 Å². The topological polar surface area (TPSA) is 111 Å². The lowest BCUT2D eigenvalue weighted by molar-refractivity contribution is 0.601. The van der Waals surface area contributed by atoms with Crippen LogP contribution in [0.15, 0.2) is 53.7 Å². The van der Waals surface area contributed by atoms with Crippen LogP contribution in [0.3, 0.4) is 0 Å². The fourth-order valence-corrected chi connectivity index (χ4v) is 2.81. The molecule has 0 aliphatic rings. The van der Waals surface area contributed by atoms with Crippen molar-refractivity contribution in [1.82, 2.24) is 15.0 Å². The Balaban J connectivity index is 2.01. The van der Waals surface area contributed by atoms with Crippen molar-refractivity contribution in [2.45, 2.75) is 4.90 Å². The summed E-state index contributed by atoms with van der Waals surface area (Å²) >= 11 is 0. The number of rotatable bonds is 3. The van der Waals surface area contributed by atoms with Gasteiger partial charge in [0, 0.05) is 17.8 Å². The third kappa shape index (κ3) is 2.75. The second-order valence-corrected chi connectivity index (χ2v) is 5.95. The smallest absolute Gasteiger partial charge is 0.264 e.